The number of fused-ring (bicyclic) bond motifs is 1. The molecule has 0 saturated heterocycles. The number of furan rings is 1. The Bertz CT molecular complexity index is 1280. The van der Waals surface area contributed by atoms with Crippen LogP contribution >= 0.6 is 22.7 Å². The molecule has 0 unspecified atom stereocenters. The van der Waals surface area contributed by atoms with Gasteiger partial charge in [0, 0.05) is 0 Å². The van der Waals surface area contributed by atoms with Crippen LogP contribution in [0.25, 0.3) is 21.0 Å². The molecule has 0 bridgehead atoms. The van der Waals surface area contributed by atoms with E-state index in [4.69, 9.17) is 19.6 Å². The van der Waals surface area contributed by atoms with Crippen molar-refractivity contribution in [3.05, 3.63) is 45.2 Å². The van der Waals surface area contributed by atoms with E-state index in [1.807, 2.05) is 17.5 Å². The monoisotopic (exact) mass is 458 g/mol. The molecule has 0 atom stereocenters. The molecule has 2 N–H and O–H groups in total. The van der Waals surface area contributed by atoms with Gasteiger partial charge in [0.1, 0.15) is 27.0 Å². The second kappa shape index (κ2) is 8.44. The highest BCUT2D eigenvalue weighted by atomic mass is 32.1. The first kappa shape index (κ1) is 20.9. The lowest BCUT2D eigenvalue weighted by Crippen LogP contribution is -2.10. The minimum atomic E-state index is -0.560. The molecule has 0 aliphatic carbocycles. The summed E-state index contributed by atoms with van der Waals surface area (Å²) in [5.41, 5.74) is 6.96. The number of thiazole rings is 1. The number of nitrogens with two attached hydrogens (primary N) is 1. The third-order valence-electron chi connectivity index (χ3n) is 4.33. The predicted molar refractivity (Wildman–Crippen MR) is 116 cm³/mol. The lowest BCUT2D eigenvalue weighted by atomic mass is 10.2. The SMILES string of the molecule is CCOC(=O)c1c(C)oc2nc(COC(=O)c3sc(-c4cccs4)nc3C)nc(N)c12. The average Bonchev–Trinajstić information content (AvgIpc) is 3.44. The minimum Gasteiger partial charge on any atom is -0.462 e. The van der Waals surface area contributed by atoms with Gasteiger partial charge < -0.3 is 19.6 Å². The number of hydrogen-bond acceptors (Lipinski definition) is 11. The van der Waals surface area contributed by atoms with Gasteiger partial charge in [-0.3, -0.25) is 0 Å². The highest BCUT2D eigenvalue weighted by molar-refractivity contribution is 7.22. The number of rotatable bonds is 6. The fraction of sp³-hybridized carbons (Fsp3) is 0.250. The van der Waals surface area contributed by atoms with E-state index in [1.54, 1.807) is 32.1 Å². The maximum absolute atomic E-state index is 12.6. The second-order valence-corrected chi connectivity index (χ2v) is 8.39. The quantitative estimate of drug-likeness (QED) is 0.423. The number of anilines is 1. The van der Waals surface area contributed by atoms with Gasteiger partial charge in [0.15, 0.2) is 12.4 Å². The van der Waals surface area contributed by atoms with Gasteiger partial charge in [0.25, 0.3) is 0 Å². The molecule has 0 amide bonds. The van der Waals surface area contributed by atoms with Crippen LogP contribution in [0.3, 0.4) is 0 Å². The molecule has 0 aliphatic heterocycles. The van der Waals surface area contributed by atoms with Gasteiger partial charge in [-0.1, -0.05) is 6.07 Å². The van der Waals surface area contributed by atoms with Gasteiger partial charge in [-0.2, -0.15) is 4.98 Å². The average molecular weight is 459 g/mol. The lowest BCUT2D eigenvalue weighted by molar-refractivity contribution is 0.0466. The summed E-state index contributed by atoms with van der Waals surface area (Å²) < 4.78 is 16.0. The first-order chi connectivity index (χ1) is 14.9. The van der Waals surface area contributed by atoms with Crippen LogP contribution in [-0.2, 0) is 16.1 Å². The van der Waals surface area contributed by atoms with E-state index >= 15 is 0 Å². The molecule has 4 heterocycles. The molecular weight excluding hydrogens is 440 g/mol. The largest absolute Gasteiger partial charge is 0.462 e. The highest BCUT2D eigenvalue weighted by Gasteiger charge is 2.24. The van der Waals surface area contributed by atoms with Gasteiger partial charge in [0.05, 0.1) is 22.6 Å². The van der Waals surface area contributed by atoms with Crippen LogP contribution in [0.15, 0.2) is 21.9 Å². The molecule has 0 fully saturated rings. The van der Waals surface area contributed by atoms with Gasteiger partial charge in [0.2, 0.25) is 5.71 Å². The summed E-state index contributed by atoms with van der Waals surface area (Å²) in [7, 11) is 0. The zero-order chi connectivity index (χ0) is 22.1. The molecule has 11 heteroatoms. The number of nitrogen functional groups attached to an aromatic ring is 1. The molecule has 0 spiro atoms. The van der Waals surface area contributed by atoms with Crippen molar-refractivity contribution < 1.29 is 23.5 Å². The molecule has 31 heavy (non-hydrogen) atoms. The fourth-order valence-corrected chi connectivity index (χ4v) is 4.74. The van der Waals surface area contributed by atoms with Gasteiger partial charge in [-0.25, -0.2) is 19.6 Å². The van der Waals surface area contributed by atoms with Crippen molar-refractivity contribution in [3.8, 4) is 9.88 Å². The molecule has 0 aliphatic rings. The van der Waals surface area contributed by atoms with Crippen molar-refractivity contribution in [2.45, 2.75) is 27.4 Å². The maximum atomic E-state index is 12.6. The summed E-state index contributed by atoms with van der Waals surface area (Å²) in [5, 5.41) is 3.00. The Balaban J connectivity index is 1.54. The normalized spacial score (nSPS) is 11.1. The molecule has 0 aromatic carbocycles. The number of carbonyl (C=O) groups is 2. The summed E-state index contributed by atoms with van der Waals surface area (Å²) in [6.45, 7) is 5.08. The number of thiophene rings is 1. The van der Waals surface area contributed by atoms with E-state index in [0.717, 1.165) is 9.88 Å². The van der Waals surface area contributed by atoms with E-state index in [2.05, 4.69) is 15.0 Å². The number of aromatic nitrogens is 3. The third kappa shape index (κ3) is 4.01. The second-order valence-electron chi connectivity index (χ2n) is 6.45. The van der Waals surface area contributed by atoms with Crippen LogP contribution in [0.2, 0.25) is 0 Å². The van der Waals surface area contributed by atoms with Gasteiger partial charge in [-0.15, -0.1) is 22.7 Å². The van der Waals surface area contributed by atoms with Crippen LogP contribution in [-0.4, -0.2) is 33.5 Å². The van der Waals surface area contributed by atoms with E-state index < -0.39 is 11.9 Å². The van der Waals surface area contributed by atoms with Gasteiger partial charge in [-0.05, 0) is 32.2 Å². The lowest BCUT2D eigenvalue weighted by Gasteiger charge is -2.05. The van der Waals surface area contributed by atoms with Crippen molar-refractivity contribution in [2.24, 2.45) is 0 Å². The Morgan fingerprint density at radius 2 is 1.97 bits per heavy atom. The highest BCUT2D eigenvalue weighted by Crippen LogP contribution is 2.32. The Morgan fingerprint density at radius 3 is 2.68 bits per heavy atom. The maximum Gasteiger partial charge on any atom is 0.350 e. The zero-order valence-corrected chi connectivity index (χ0v) is 18.6. The molecule has 4 aromatic heterocycles. The van der Waals surface area contributed by atoms with Crippen molar-refractivity contribution in [2.75, 3.05) is 12.3 Å². The number of nitrogens with zero attached hydrogens (tertiary/aromatic N) is 3. The summed E-state index contributed by atoms with van der Waals surface area (Å²) in [4.78, 5) is 39.0. The van der Waals surface area contributed by atoms with Gasteiger partial charge >= 0.3 is 11.9 Å². The van der Waals surface area contributed by atoms with E-state index in [0.29, 0.717) is 16.3 Å². The zero-order valence-electron chi connectivity index (χ0n) is 16.9. The Labute approximate surface area is 184 Å². The number of aryl methyl sites for hydroxylation is 2. The predicted octanol–water partition coefficient (Wildman–Crippen LogP) is 4.14. The van der Waals surface area contributed by atoms with Crippen LogP contribution in [0.5, 0.6) is 0 Å². The summed E-state index contributed by atoms with van der Waals surface area (Å²) >= 11 is 2.82. The third-order valence-corrected chi connectivity index (χ3v) is 6.50. The minimum absolute atomic E-state index is 0.0462. The molecular formula is C20H18N4O5S2. The Hall–Kier alpha value is -3.31. The number of carbonyl (C=O) groups excluding carboxylic acids is 2. The van der Waals surface area contributed by atoms with Crippen molar-refractivity contribution >= 4 is 51.5 Å². The molecule has 0 radical (unpaired) electrons. The standard InChI is InChI=1S/C20H18N4O5S2/c1-4-27-19(25)13-10(3)29-17-14(13)16(21)23-12(24-17)8-28-20(26)15-9(2)22-18(31-15)11-6-5-7-30-11/h5-7H,4,8H2,1-3H3,(H2,21,23,24). The fourth-order valence-electron chi connectivity index (χ4n) is 2.98. The van der Waals surface area contributed by atoms with E-state index in [9.17, 15) is 9.59 Å². The first-order valence-corrected chi connectivity index (χ1v) is 11.0. The molecule has 160 valence electrons. The molecule has 4 rings (SSSR count). The molecule has 4 aromatic rings. The van der Waals surface area contributed by atoms with Crippen LogP contribution in [0.1, 0.15) is 44.2 Å². The summed E-state index contributed by atoms with van der Waals surface area (Å²) in [5.74, 6) is -0.559. The number of esters is 2. The smallest absolute Gasteiger partial charge is 0.350 e. The Kier molecular flexibility index (Phi) is 5.70. The van der Waals surface area contributed by atoms with Crippen LogP contribution < -0.4 is 5.73 Å². The summed E-state index contributed by atoms with van der Waals surface area (Å²) in [6.07, 6.45) is 0. The first-order valence-electron chi connectivity index (χ1n) is 9.30. The topological polar surface area (TPSA) is 130 Å². The summed E-state index contributed by atoms with van der Waals surface area (Å²) in [6, 6.07) is 3.87. The molecule has 9 nitrogen and oxygen atoms in total. The van der Waals surface area contributed by atoms with Crippen molar-refractivity contribution in [3.63, 3.8) is 0 Å². The van der Waals surface area contributed by atoms with Crippen LogP contribution in [0.4, 0.5) is 5.82 Å². The molecule has 0 saturated carbocycles. The van der Waals surface area contributed by atoms with Crippen molar-refractivity contribution in [1.29, 1.82) is 0 Å². The number of hydrogen-bond donors (Lipinski definition) is 1. The van der Waals surface area contributed by atoms with E-state index in [-0.39, 0.29) is 41.5 Å². The number of ether oxygens (including phenoxy) is 2. The van der Waals surface area contributed by atoms with Crippen molar-refractivity contribution in [1.82, 2.24) is 15.0 Å². The van der Waals surface area contributed by atoms with Crippen LogP contribution in [0, 0.1) is 13.8 Å². The Morgan fingerprint density at radius 1 is 1.16 bits per heavy atom. The van der Waals surface area contributed by atoms with E-state index in [1.165, 1.54) is 11.3 Å².